The molecule has 2 N–H and O–H groups in total. The number of hydrogen-bond donors (Lipinski definition) is 1. The van der Waals surface area contributed by atoms with Crippen LogP contribution in [0.5, 0.6) is 17.2 Å². The third kappa shape index (κ3) is 2.54. The predicted octanol–water partition coefficient (Wildman–Crippen LogP) is 2.63. The summed E-state index contributed by atoms with van der Waals surface area (Å²) in [6.45, 7) is 0.523. The van der Waals surface area contributed by atoms with E-state index in [1.807, 2.05) is 30.3 Å². The van der Waals surface area contributed by atoms with Gasteiger partial charge in [0.15, 0.2) is 0 Å². The Morgan fingerprint density at radius 1 is 1.14 bits per heavy atom. The molecule has 0 aromatic heterocycles. The molecule has 21 heavy (non-hydrogen) atoms. The summed E-state index contributed by atoms with van der Waals surface area (Å²) in [6.07, 6.45) is 0.925. The average molecular weight is 285 g/mol. The van der Waals surface area contributed by atoms with Gasteiger partial charge >= 0.3 is 0 Å². The summed E-state index contributed by atoms with van der Waals surface area (Å²) >= 11 is 0. The molecule has 0 fully saturated rings. The molecule has 2 aromatic rings. The molecular weight excluding hydrogens is 266 g/mol. The lowest BCUT2D eigenvalue weighted by Gasteiger charge is -2.13. The smallest absolute Gasteiger partial charge is 0.130 e. The van der Waals surface area contributed by atoms with Crippen LogP contribution in [0.15, 0.2) is 36.4 Å². The lowest BCUT2D eigenvalue weighted by atomic mass is 10.00. The van der Waals surface area contributed by atoms with Gasteiger partial charge in [0.25, 0.3) is 0 Å². The molecule has 3 rings (SSSR count). The number of nitrogens with two attached hydrogens (primary N) is 1. The van der Waals surface area contributed by atoms with Gasteiger partial charge in [-0.05, 0) is 23.3 Å². The maximum Gasteiger partial charge on any atom is 0.130 e. The second-order valence-electron chi connectivity index (χ2n) is 5.07. The van der Waals surface area contributed by atoms with Crippen LogP contribution in [0, 0.1) is 0 Å². The molecule has 2 aromatic carbocycles. The minimum Gasteiger partial charge on any atom is -0.497 e. The minimum absolute atomic E-state index is 0.0636. The second-order valence-corrected chi connectivity index (χ2v) is 5.07. The molecular formula is C17H19NO3. The van der Waals surface area contributed by atoms with Gasteiger partial charge in [-0.2, -0.15) is 0 Å². The Labute approximate surface area is 124 Å². The van der Waals surface area contributed by atoms with Crippen LogP contribution in [0.4, 0.5) is 0 Å². The molecule has 4 heteroatoms. The molecule has 110 valence electrons. The van der Waals surface area contributed by atoms with Gasteiger partial charge in [-0.1, -0.05) is 18.2 Å². The van der Waals surface area contributed by atoms with E-state index < -0.39 is 0 Å². The highest BCUT2D eigenvalue weighted by molar-refractivity contribution is 5.75. The summed E-state index contributed by atoms with van der Waals surface area (Å²) in [7, 11) is 3.30. The highest BCUT2D eigenvalue weighted by Gasteiger charge is 2.24. The molecule has 0 spiro atoms. The molecule has 0 saturated heterocycles. The van der Waals surface area contributed by atoms with Crippen molar-refractivity contribution in [1.29, 1.82) is 0 Å². The Morgan fingerprint density at radius 3 is 2.48 bits per heavy atom. The van der Waals surface area contributed by atoms with Crippen LogP contribution in [-0.2, 0) is 6.42 Å². The van der Waals surface area contributed by atoms with E-state index >= 15 is 0 Å². The molecule has 0 amide bonds. The molecule has 0 aliphatic carbocycles. The van der Waals surface area contributed by atoms with Crippen molar-refractivity contribution >= 4 is 0 Å². The van der Waals surface area contributed by atoms with Gasteiger partial charge in [0.2, 0.25) is 0 Å². The van der Waals surface area contributed by atoms with Gasteiger partial charge in [0, 0.05) is 24.6 Å². The van der Waals surface area contributed by atoms with Gasteiger partial charge in [0.1, 0.15) is 23.4 Å². The molecule has 1 aliphatic rings. The quantitative estimate of drug-likeness (QED) is 0.938. The third-order valence-corrected chi connectivity index (χ3v) is 3.75. The maximum absolute atomic E-state index is 5.98. The molecule has 0 unspecified atom stereocenters. The van der Waals surface area contributed by atoms with Crippen molar-refractivity contribution in [2.45, 2.75) is 12.5 Å². The summed E-state index contributed by atoms with van der Waals surface area (Å²) in [5.41, 5.74) is 8.98. The van der Waals surface area contributed by atoms with E-state index in [9.17, 15) is 0 Å². The molecule has 1 atom stereocenters. The fraction of sp³-hybridized carbons (Fsp3) is 0.294. The highest BCUT2D eigenvalue weighted by Crippen LogP contribution is 2.40. The zero-order valence-electron chi connectivity index (χ0n) is 12.3. The van der Waals surface area contributed by atoms with Crippen molar-refractivity contribution in [3.05, 3.63) is 42.0 Å². The fourth-order valence-electron chi connectivity index (χ4n) is 2.66. The lowest BCUT2D eigenvalue weighted by Crippen LogP contribution is -2.24. The van der Waals surface area contributed by atoms with Gasteiger partial charge in [-0.15, -0.1) is 0 Å². The van der Waals surface area contributed by atoms with Crippen molar-refractivity contribution in [3.8, 4) is 28.4 Å². The first-order valence-corrected chi connectivity index (χ1v) is 6.97. The normalized spacial score (nSPS) is 16.2. The molecule has 4 nitrogen and oxygen atoms in total. The van der Waals surface area contributed by atoms with E-state index in [0.29, 0.717) is 6.54 Å². The Hall–Kier alpha value is -2.20. The fourth-order valence-corrected chi connectivity index (χ4v) is 2.66. The van der Waals surface area contributed by atoms with Gasteiger partial charge in [-0.25, -0.2) is 0 Å². The number of rotatable bonds is 4. The van der Waals surface area contributed by atoms with Crippen LogP contribution in [0.3, 0.4) is 0 Å². The first-order chi connectivity index (χ1) is 10.2. The zero-order valence-corrected chi connectivity index (χ0v) is 12.3. The van der Waals surface area contributed by atoms with Gasteiger partial charge in [-0.3, -0.25) is 0 Å². The lowest BCUT2D eigenvalue weighted by molar-refractivity contribution is 0.242. The summed E-state index contributed by atoms with van der Waals surface area (Å²) in [5.74, 6) is 2.44. The Morgan fingerprint density at radius 2 is 1.86 bits per heavy atom. The number of hydrogen-bond acceptors (Lipinski definition) is 4. The molecule has 0 radical (unpaired) electrons. The van der Waals surface area contributed by atoms with Crippen molar-refractivity contribution in [1.82, 2.24) is 0 Å². The number of fused-ring (bicyclic) bond motifs is 1. The first-order valence-electron chi connectivity index (χ1n) is 6.97. The monoisotopic (exact) mass is 285 g/mol. The van der Waals surface area contributed by atoms with E-state index in [0.717, 1.165) is 34.8 Å². The largest absolute Gasteiger partial charge is 0.497 e. The van der Waals surface area contributed by atoms with Crippen LogP contribution in [0.25, 0.3) is 11.1 Å². The van der Waals surface area contributed by atoms with E-state index in [2.05, 4.69) is 6.07 Å². The first kappa shape index (κ1) is 13.8. The number of benzene rings is 2. The van der Waals surface area contributed by atoms with Crippen LogP contribution in [0.1, 0.15) is 5.56 Å². The van der Waals surface area contributed by atoms with Crippen molar-refractivity contribution in [2.24, 2.45) is 5.73 Å². The second kappa shape index (κ2) is 5.66. The van der Waals surface area contributed by atoms with E-state index in [-0.39, 0.29) is 6.10 Å². The summed E-state index contributed by atoms with van der Waals surface area (Å²) < 4.78 is 16.7. The minimum atomic E-state index is 0.0636. The summed E-state index contributed by atoms with van der Waals surface area (Å²) in [5, 5.41) is 0. The number of methoxy groups -OCH3 is 2. The SMILES string of the molecule is COc1cc(OC)cc(-c2cccc3c2O[C@@H](CN)C3)c1. The molecule has 1 aliphatic heterocycles. The van der Waals surface area contributed by atoms with Crippen LogP contribution in [0.2, 0.25) is 0 Å². The summed E-state index contributed by atoms with van der Waals surface area (Å²) in [4.78, 5) is 0. The van der Waals surface area contributed by atoms with E-state index in [4.69, 9.17) is 19.9 Å². The standard InChI is InChI=1S/C17H19NO3/c1-19-13-7-12(8-14(9-13)20-2)16-5-3-4-11-6-15(10-18)21-17(11)16/h3-5,7-9,15H,6,10,18H2,1-2H3/t15-/m1/s1. The zero-order chi connectivity index (χ0) is 14.8. The molecule has 0 bridgehead atoms. The Bertz CT molecular complexity index is 632. The number of para-hydroxylation sites is 1. The topological polar surface area (TPSA) is 53.7 Å². The van der Waals surface area contributed by atoms with Crippen LogP contribution >= 0.6 is 0 Å². The van der Waals surface area contributed by atoms with Crippen molar-refractivity contribution in [3.63, 3.8) is 0 Å². The predicted molar refractivity (Wildman–Crippen MR) is 82.2 cm³/mol. The van der Waals surface area contributed by atoms with Crippen LogP contribution < -0.4 is 19.9 Å². The van der Waals surface area contributed by atoms with Crippen molar-refractivity contribution in [2.75, 3.05) is 20.8 Å². The Kier molecular flexibility index (Phi) is 3.71. The van der Waals surface area contributed by atoms with Crippen LogP contribution in [-0.4, -0.2) is 26.9 Å². The van der Waals surface area contributed by atoms with E-state index in [1.165, 1.54) is 5.56 Å². The van der Waals surface area contributed by atoms with Crippen molar-refractivity contribution < 1.29 is 14.2 Å². The third-order valence-electron chi connectivity index (χ3n) is 3.75. The van der Waals surface area contributed by atoms with E-state index in [1.54, 1.807) is 14.2 Å². The molecule has 0 saturated carbocycles. The highest BCUT2D eigenvalue weighted by atomic mass is 16.5. The van der Waals surface area contributed by atoms with Gasteiger partial charge in [0.05, 0.1) is 14.2 Å². The maximum atomic E-state index is 5.98. The summed E-state index contributed by atoms with van der Waals surface area (Å²) in [6, 6.07) is 12.0. The Balaban J connectivity index is 2.08. The average Bonchev–Trinajstić information content (AvgIpc) is 2.97. The van der Waals surface area contributed by atoms with Gasteiger partial charge < -0.3 is 19.9 Å². The number of ether oxygens (including phenoxy) is 3. The molecule has 1 heterocycles.